The van der Waals surface area contributed by atoms with Gasteiger partial charge >= 0.3 is 0 Å². The molecule has 0 aliphatic carbocycles. The molecule has 1 rings (SSSR count). The molecule has 0 amide bonds. The average Bonchev–Trinajstić information content (AvgIpc) is 1.84. The van der Waals surface area contributed by atoms with Gasteiger partial charge in [-0.05, 0) is 28.1 Å². The van der Waals surface area contributed by atoms with E-state index >= 15 is 0 Å². The van der Waals surface area contributed by atoms with Gasteiger partial charge in [-0.1, -0.05) is 23.2 Å². The van der Waals surface area contributed by atoms with Crippen molar-refractivity contribution < 1.29 is 0 Å². The summed E-state index contributed by atoms with van der Waals surface area (Å²) in [5, 5.41) is 0.772. The maximum Gasteiger partial charge on any atom is 0.101 e. The fraction of sp³-hybridized carbons (Fsp3) is 0. The smallest absolute Gasteiger partial charge is 0.101 e. The molecule has 0 aliphatic rings. The third-order valence-corrected chi connectivity index (χ3v) is 2.35. The topological polar surface area (TPSA) is 22.3 Å². The van der Waals surface area contributed by atoms with E-state index in [0.29, 0.717) is 14.5 Å². The number of hydrogen-bond donors (Lipinski definition) is 0. The van der Waals surface area contributed by atoms with Crippen molar-refractivity contribution in [2.24, 2.45) is 0 Å². The quantitative estimate of drug-likeness (QED) is 0.618. The summed E-state index contributed by atoms with van der Waals surface area (Å²) in [6.07, 6.45) is 0. The number of nitrogens with zero attached hydrogens (tertiary/aromatic N) is 1. The highest BCUT2D eigenvalue weighted by Crippen LogP contribution is 2.31. The van der Waals surface area contributed by atoms with Crippen molar-refractivity contribution in [3.8, 4) is 0 Å². The van der Waals surface area contributed by atoms with E-state index in [9.17, 15) is 0 Å². The molecule has 10 heavy (non-hydrogen) atoms. The first-order valence-corrected chi connectivity index (χ1v) is 3.99. The Bertz CT molecular complexity index is 212. The first-order chi connectivity index (χ1) is 4.61. The van der Waals surface area contributed by atoms with Crippen LogP contribution in [0.3, 0.4) is 0 Å². The molecule has 0 aliphatic heterocycles. The standard InChI is InChI=1S/C6H2BrCl2N/c7-3-1-4(8)5(9)2-6(3)10/h1-2H. The maximum atomic E-state index is 9.03. The number of halogens is 3. The van der Waals surface area contributed by atoms with Gasteiger partial charge in [-0.15, -0.1) is 5.73 Å². The van der Waals surface area contributed by atoms with E-state index in [1.807, 2.05) is 0 Å². The predicted octanol–water partition coefficient (Wildman–Crippen LogP) is 3.46. The summed E-state index contributed by atoms with van der Waals surface area (Å²) in [6, 6.07) is 2.92. The second-order valence-corrected chi connectivity index (χ2v) is 3.39. The lowest BCUT2D eigenvalue weighted by atomic mass is 10.3. The van der Waals surface area contributed by atoms with Crippen LogP contribution < -0.4 is 5.73 Å². The normalized spacial score (nSPS) is 9.90. The highest BCUT2D eigenvalue weighted by molar-refractivity contribution is 9.10. The van der Waals surface area contributed by atoms with Crippen molar-refractivity contribution in [2.75, 3.05) is 0 Å². The van der Waals surface area contributed by atoms with Gasteiger partial charge in [0.15, 0.2) is 0 Å². The van der Waals surface area contributed by atoms with Crippen LogP contribution in [0.2, 0.25) is 10.0 Å². The van der Waals surface area contributed by atoms with Crippen molar-refractivity contribution in [3.63, 3.8) is 0 Å². The Kier molecular flexibility index (Phi) is 2.45. The largest absolute Gasteiger partial charge is 0.149 e. The van der Waals surface area contributed by atoms with Crippen LogP contribution in [0.1, 0.15) is 0 Å². The van der Waals surface area contributed by atoms with E-state index in [0.717, 1.165) is 0 Å². The Morgan fingerprint density at radius 1 is 1.20 bits per heavy atom. The van der Waals surface area contributed by atoms with E-state index in [2.05, 4.69) is 15.9 Å². The molecule has 0 heterocycles. The highest BCUT2D eigenvalue weighted by atomic mass is 79.9. The molecule has 0 saturated heterocycles. The summed E-state index contributed by atoms with van der Waals surface area (Å²) in [4.78, 5) is 0. The van der Waals surface area contributed by atoms with Gasteiger partial charge in [0.2, 0.25) is 0 Å². The molecule has 0 N–H and O–H groups in total. The Balaban J connectivity index is 3.28. The van der Waals surface area contributed by atoms with Crippen LogP contribution in [-0.2, 0) is 0 Å². The molecule has 0 fully saturated rings. The third-order valence-electron chi connectivity index (χ3n) is 0.990. The summed E-state index contributed by atoms with van der Waals surface area (Å²) < 4.78 is 0.543. The van der Waals surface area contributed by atoms with Crippen molar-refractivity contribution >= 4 is 44.8 Å². The molecule has 1 aromatic carbocycles. The summed E-state index contributed by atoms with van der Waals surface area (Å²) in [5.74, 6) is 0. The second kappa shape index (κ2) is 2.99. The summed E-state index contributed by atoms with van der Waals surface area (Å²) in [7, 11) is 0. The van der Waals surface area contributed by atoms with Crippen molar-refractivity contribution in [1.82, 2.24) is 5.73 Å². The molecular formula is C6H2BrCl2N. The van der Waals surface area contributed by atoms with E-state index in [1.54, 1.807) is 6.07 Å². The van der Waals surface area contributed by atoms with Crippen molar-refractivity contribution in [2.45, 2.75) is 0 Å². The SMILES string of the molecule is [N]c1cc(Cl)c(Cl)cc1Br. The molecule has 0 atom stereocenters. The monoisotopic (exact) mass is 237 g/mol. The van der Waals surface area contributed by atoms with Crippen LogP contribution in [0, 0.1) is 0 Å². The number of benzene rings is 1. The minimum Gasteiger partial charge on any atom is -0.149 e. The highest BCUT2D eigenvalue weighted by Gasteiger charge is 2.02. The Hall–Kier alpha value is 0.0800. The molecule has 4 heteroatoms. The second-order valence-electron chi connectivity index (χ2n) is 1.72. The van der Waals surface area contributed by atoms with Crippen molar-refractivity contribution in [1.29, 1.82) is 0 Å². The van der Waals surface area contributed by atoms with Gasteiger partial charge in [0.05, 0.1) is 10.0 Å². The van der Waals surface area contributed by atoms with Crippen LogP contribution in [-0.4, -0.2) is 0 Å². The molecule has 0 bridgehead atoms. The third kappa shape index (κ3) is 1.57. The Morgan fingerprint density at radius 2 is 1.70 bits per heavy atom. The van der Waals surface area contributed by atoms with E-state index in [1.165, 1.54) is 6.07 Å². The summed E-state index contributed by atoms with van der Waals surface area (Å²) in [6.45, 7) is 0. The first kappa shape index (κ1) is 8.18. The van der Waals surface area contributed by atoms with Gasteiger partial charge in [-0.3, -0.25) is 0 Å². The average molecular weight is 239 g/mol. The van der Waals surface area contributed by atoms with Gasteiger partial charge in [-0.25, -0.2) is 0 Å². The van der Waals surface area contributed by atoms with Crippen LogP contribution in [0.5, 0.6) is 0 Å². The van der Waals surface area contributed by atoms with E-state index in [-0.39, 0.29) is 5.69 Å². The van der Waals surface area contributed by atoms with E-state index in [4.69, 9.17) is 28.9 Å². The first-order valence-electron chi connectivity index (χ1n) is 2.45. The van der Waals surface area contributed by atoms with Gasteiger partial charge in [-0.2, -0.15) is 0 Å². The Morgan fingerprint density at radius 3 is 2.20 bits per heavy atom. The number of rotatable bonds is 0. The lowest BCUT2D eigenvalue weighted by Gasteiger charge is -1.97. The molecule has 0 unspecified atom stereocenters. The Labute approximate surface area is 77.2 Å². The summed E-state index contributed by atoms with van der Waals surface area (Å²) in [5.41, 5.74) is 9.13. The van der Waals surface area contributed by atoms with Gasteiger partial charge in [0.25, 0.3) is 0 Å². The zero-order valence-electron chi connectivity index (χ0n) is 4.74. The van der Waals surface area contributed by atoms with Gasteiger partial charge in [0, 0.05) is 4.47 Å². The fourth-order valence-electron chi connectivity index (χ4n) is 0.512. The molecule has 52 valence electrons. The maximum absolute atomic E-state index is 9.03. The van der Waals surface area contributed by atoms with Crippen LogP contribution >= 0.6 is 39.1 Å². The van der Waals surface area contributed by atoms with Crippen LogP contribution in [0.25, 0.3) is 0 Å². The summed E-state index contributed by atoms with van der Waals surface area (Å²) >= 11 is 14.3. The molecule has 2 radical (unpaired) electrons. The molecule has 0 spiro atoms. The molecule has 1 aromatic rings. The lowest BCUT2D eigenvalue weighted by molar-refractivity contribution is 1.45. The lowest BCUT2D eigenvalue weighted by Crippen LogP contribution is -1.74. The van der Waals surface area contributed by atoms with Crippen LogP contribution in [0.4, 0.5) is 5.69 Å². The van der Waals surface area contributed by atoms with Gasteiger partial charge in [0.1, 0.15) is 5.69 Å². The zero-order chi connectivity index (χ0) is 7.72. The number of hydrogen-bond acceptors (Lipinski definition) is 0. The van der Waals surface area contributed by atoms with Gasteiger partial charge < -0.3 is 0 Å². The molecule has 1 nitrogen and oxygen atoms in total. The predicted molar refractivity (Wildman–Crippen MR) is 46.0 cm³/mol. The zero-order valence-corrected chi connectivity index (χ0v) is 7.83. The minimum absolute atomic E-state index is 0.0920. The van der Waals surface area contributed by atoms with E-state index < -0.39 is 0 Å². The molecule has 0 saturated carbocycles. The van der Waals surface area contributed by atoms with Crippen molar-refractivity contribution in [3.05, 3.63) is 26.7 Å². The minimum atomic E-state index is 0.0920. The molecular weight excluding hydrogens is 237 g/mol. The fourth-order valence-corrected chi connectivity index (χ4v) is 1.31. The molecule has 0 aromatic heterocycles. The van der Waals surface area contributed by atoms with Crippen LogP contribution in [0.15, 0.2) is 16.6 Å².